The van der Waals surface area contributed by atoms with Gasteiger partial charge < -0.3 is 10.4 Å². The van der Waals surface area contributed by atoms with Gasteiger partial charge >= 0.3 is 5.97 Å². The van der Waals surface area contributed by atoms with Crippen molar-refractivity contribution < 1.29 is 23.1 Å². The van der Waals surface area contributed by atoms with Crippen molar-refractivity contribution >= 4 is 21.7 Å². The van der Waals surface area contributed by atoms with Crippen LogP contribution in [0, 0.1) is 0 Å². The molecule has 0 aliphatic heterocycles. The van der Waals surface area contributed by atoms with Crippen molar-refractivity contribution in [3.05, 3.63) is 89.5 Å². The quantitative estimate of drug-likeness (QED) is 0.574. The first-order chi connectivity index (χ1) is 15.3. The summed E-state index contributed by atoms with van der Waals surface area (Å²) < 4.78 is 24.1. The fourth-order valence-corrected chi connectivity index (χ4v) is 5.14. The number of carbonyl (C=O) groups excluding carboxylic acids is 1. The number of carboxylic acids is 1. The van der Waals surface area contributed by atoms with E-state index < -0.39 is 21.6 Å². The number of carbonyl (C=O) groups is 2. The zero-order chi connectivity index (χ0) is 22.7. The first-order valence-electron chi connectivity index (χ1n) is 10.3. The van der Waals surface area contributed by atoms with E-state index >= 15 is 0 Å². The fraction of sp³-hybridized carbons (Fsp3) is 0.200. The van der Waals surface area contributed by atoms with Crippen LogP contribution in [0.4, 0.5) is 0 Å². The zero-order valence-corrected chi connectivity index (χ0v) is 18.1. The molecule has 1 atom stereocenters. The summed E-state index contributed by atoms with van der Waals surface area (Å²) in [5.74, 6) is -2.37. The van der Waals surface area contributed by atoms with Gasteiger partial charge in [0.15, 0.2) is 15.6 Å². The molecule has 0 saturated heterocycles. The summed E-state index contributed by atoms with van der Waals surface area (Å²) >= 11 is 0. The Bertz CT molecular complexity index is 1270. The van der Waals surface area contributed by atoms with Gasteiger partial charge in [-0.25, -0.2) is 8.42 Å². The molecule has 2 N–H and O–H groups in total. The molecule has 164 valence electrons. The molecule has 0 aromatic heterocycles. The fourth-order valence-electron chi connectivity index (χ4n) is 4.10. The minimum Gasteiger partial charge on any atom is -0.480 e. The molecule has 0 radical (unpaired) electrons. The van der Waals surface area contributed by atoms with Crippen LogP contribution in [-0.4, -0.2) is 31.2 Å². The van der Waals surface area contributed by atoms with E-state index in [4.69, 9.17) is 5.11 Å². The highest BCUT2D eigenvalue weighted by atomic mass is 32.2. The number of amides is 1. The Balaban J connectivity index is 1.45. The van der Waals surface area contributed by atoms with Crippen molar-refractivity contribution in [2.45, 2.75) is 30.2 Å². The van der Waals surface area contributed by atoms with Gasteiger partial charge in [-0.3, -0.25) is 9.59 Å². The smallest absolute Gasteiger partial charge is 0.319 e. The van der Waals surface area contributed by atoms with Gasteiger partial charge in [-0.2, -0.15) is 0 Å². The van der Waals surface area contributed by atoms with Crippen LogP contribution in [0.25, 0.3) is 11.1 Å². The van der Waals surface area contributed by atoms with Gasteiger partial charge in [-0.1, -0.05) is 60.7 Å². The maximum atomic E-state index is 12.6. The Morgan fingerprint density at radius 2 is 1.69 bits per heavy atom. The molecule has 0 fully saturated rings. The highest BCUT2D eigenvalue weighted by Gasteiger charge is 2.23. The third kappa shape index (κ3) is 4.89. The maximum Gasteiger partial charge on any atom is 0.319 e. The molecule has 7 heteroatoms. The SMILES string of the molecule is O=C(O)CS(=O)(=O)c1ccc(-c2cccc(CC(=O)N[C@H]3CCc4ccccc43)c2)cc1. The maximum absolute atomic E-state index is 12.6. The lowest BCUT2D eigenvalue weighted by Gasteiger charge is -2.14. The normalized spacial score (nSPS) is 15.2. The van der Waals surface area contributed by atoms with E-state index in [9.17, 15) is 18.0 Å². The highest BCUT2D eigenvalue weighted by Crippen LogP contribution is 2.30. The molecular formula is C25H23NO5S. The molecule has 0 unspecified atom stereocenters. The zero-order valence-electron chi connectivity index (χ0n) is 17.3. The third-order valence-electron chi connectivity index (χ3n) is 5.62. The highest BCUT2D eigenvalue weighted by molar-refractivity contribution is 7.92. The number of benzene rings is 3. The average Bonchev–Trinajstić information content (AvgIpc) is 3.16. The number of hydrogen-bond donors (Lipinski definition) is 2. The first kappa shape index (κ1) is 21.8. The molecule has 0 heterocycles. The Kier molecular flexibility index (Phi) is 6.10. The monoisotopic (exact) mass is 449 g/mol. The average molecular weight is 450 g/mol. The van der Waals surface area contributed by atoms with Gasteiger partial charge in [0.1, 0.15) is 0 Å². The Morgan fingerprint density at radius 3 is 2.44 bits per heavy atom. The van der Waals surface area contributed by atoms with Crippen LogP contribution in [0.1, 0.15) is 29.2 Å². The van der Waals surface area contributed by atoms with Gasteiger partial charge in [-0.15, -0.1) is 0 Å². The number of sulfone groups is 1. The topological polar surface area (TPSA) is 101 Å². The van der Waals surface area contributed by atoms with Gasteiger partial charge in [0, 0.05) is 0 Å². The summed E-state index contributed by atoms with van der Waals surface area (Å²) in [7, 11) is -3.87. The van der Waals surface area contributed by atoms with Gasteiger partial charge in [0.2, 0.25) is 5.91 Å². The molecule has 3 aromatic rings. The van der Waals surface area contributed by atoms with E-state index in [0.717, 1.165) is 29.5 Å². The molecule has 0 spiro atoms. The molecule has 32 heavy (non-hydrogen) atoms. The van der Waals surface area contributed by atoms with Crippen molar-refractivity contribution in [2.75, 3.05) is 5.75 Å². The van der Waals surface area contributed by atoms with Crippen LogP contribution in [0.5, 0.6) is 0 Å². The molecule has 1 aliphatic rings. The van der Waals surface area contributed by atoms with E-state index in [1.54, 1.807) is 12.1 Å². The van der Waals surface area contributed by atoms with Crippen molar-refractivity contribution in [2.24, 2.45) is 0 Å². The van der Waals surface area contributed by atoms with Crippen molar-refractivity contribution in [1.29, 1.82) is 0 Å². The van der Waals surface area contributed by atoms with Crippen molar-refractivity contribution in [1.82, 2.24) is 5.32 Å². The van der Waals surface area contributed by atoms with Crippen LogP contribution < -0.4 is 5.32 Å². The van der Waals surface area contributed by atoms with Crippen molar-refractivity contribution in [3.63, 3.8) is 0 Å². The van der Waals surface area contributed by atoms with E-state index in [0.29, 0.717) is 0 Å². The summed E-state index contributed by atoms with van der Waals surface area (Å²) in [4.78, 5) is 23.4. The standard InChI is InChI=1S/C25H23NO5S/c27-24(26-23-13-10-19-5-1-2-7-22(19)23)15-17-4-3-6-20(14-17)18-8-11-21(12-9-18)32(30,31)16-25(28)29/h1-9,11-12,14,23H,10,13,15-16H2,(H,26,27)(H,28,29)/t23-/m0/s1. The minimum absolute atomic E-state index is 0.0315. The number of rotatable bonds is 7. The Hall–Kier alpha value is -3.45. The van der Waals surface area contributed by atoms with Crippen LogP contribution in [0.15, 0.2) is 77.7 Å². The second kappa shape index (κ2) is 8.96. The largest absolute Gasteiger partial charge is 0.480 e. The van der Waals surface area contributed by atoms with Crippen molar-refractivity contribution in [3.8, 4) is 11.1 Å². The predicted octanol–water partition coefficient (Wildman–Crippen LogP) is 3.56. The van der Waals surface area contributed by atoms with E-state index in [1.165, 1.54) is 23.3 Å². The first-order valence-corrected chi connectivity index (χ1v) is 12.0. The summed E-state index contributed by atoms with van der Waals surface area (Å²) in [6, 6.07) is 21.8. The van der Waals surface area contributed by atoms with Gasteiger partial charge in [-0.05, 0) is 52.8 Å². The molecule has 1 aliphatic carbocycles. The molecule has 0 bridgehead atoms. The lowest BCUT2D eigenvalue weighted by Crippen LogP contribution is -2.28. The van der Waals surface area contributed by atoms with Gasteiger partial charge in [0.25, 0.3) is 0 Å². The summed E-state index contributed by atoms with van der Waals surface area (Å²) in [6.45, 7) is 0. The number of aryl methyl sites for hydroxylation is 1. The lowest BCUT2D eigenvalue weighted by molar-refractivity contribution is -0.134. The molecule has 1 amide bonds. The van der Waals surface area contributed by atoms with Crippen LogP contribution in [-0.2, 0) is 32.3 Å². The summed E-state index contributed by atoms with van der Waals surface area (Å²) in [6.07, 6.45) is 2.12. The summed E-state index contributed by atoms with van der Waals surface area (Å²) in [5.41, 5.74) is 4.96. The third-order valence-corrected chi connectivity index (χ3v) is 7.24. The minimum atomic E-state index is -3.87. The second-order valence-electron chi connectivity index (χ2n) is 7.91. The number of hydrogen-bond acceptors (Lipinski definition) is 4. The molecule has 0 saturated carbocycles. The van der Waals surface area contributed by atoms with E-state index in [-0.39, 0.29) is 23.3 Å². The number of carboxylic acid groups (broad SMARTS) is 1. The van der Waals surface area contributed by atoms with Crippen LogP contribution >= 0.6 is 0 Å². The second-order valence-corrected chi connectivity index (χ2v) is 9.90. The summed E-state index contributed by atoms with van der Waals surface area (Å²) in [5, 5.41) is 11.9. The van der Waals surface area contributed by atoms with Crippen LogP contribution in [0.3, 0.4) is 0 Å². The number of aliphatic carboxylic acids is 1. The Morgan fingerprint density at radius 1 is 0.938 bits per heavy atom. The number of nitrogens with one attached hydrogen (secondary N) is 1. The predicted molar refractivity (Wildman–Crippen MR) is 121 cm³/mol. The van der Waals surface area contributed by atoms with E-state index in [2.05, 4.69) is 17.4 Å². The molecular weight excluding hydrogens is 426 g/mol. The van der Waals surface area contributed by atoms with E-state index in [1.807, 2.05) is 36.4 Å². The van der Waals surface area contributed by atoms with Crippen LogP contribution in [0.2, 0.25) is 0 Å². The van der Waals surface area contributed by atoms with Gasteiger partial charge in [0.05, 0.1) is 17.4 Å². The number of fused-ring (bicyclic) bond motifs is 1. The lowest BCUT2D eigenvalue weighted by atomic mass is 10.0. The molecule has 3 aromatic carbocycles. The molecule has 4 rings (SSSR count). The Labute approximate surface area is 186 Å². The molecule has 6 nitrogen and oxygen atoms in total.